The summed E-state index contributed by atoms with van der Waals surface area (Å²) >= 11 is 0. The number of aryl methyl sites for hydroxylation is 1. The Morgan fingerprint density at radius 1 is 1.18 bits per heavy atom. The van der Waals surface area contributed by atoms with Crippen molar-refractivity contribution in [1.29, 1.82) is 0 Å². The van der Waals surface area contributed by atoms with E-state index in [2.05, 4.69) is 0 Å². The van der Waals surface area contributed by atoms with Crippen LogP contribution in [0.4, 0.5) is 0 Å². The van der Waals surface area contributed by atoms with Gasteiger partial charge in [0, 0.05) is 29.8 Å². The SMILES string of the molecule is COc1ccc(Cn2ccc(CCC(=O)O)c2O)c(OC)c1. The third-order valence-electron chi connectivity index (χ3n) is 3.46. The predicted octanol–water partition coefficient (Wildman–Crippen LogP) is 2.28. The maximum Gasteiger partial charge on any atom is 0.303 e. The van der Waals surface area contributed by atoms with Crippen molar-refractivity contribution in [2.24, 2.45) is 0 Å². The van der Waals surface area contributed by atoms with Gasteiger partial charge >= 0.3 is 5.97 Å². The molecule has 0 saturated heterocycles. The zero-order valence-corrected chi connectivity index (χ0v) is 12.6. The molecule has 0 bridgehead atoms. The number of nitrogens with zero attached hydrogens (tertiary/aromatic N) is 1. The van der Waals surface area contributed by atoms with Gasteiger partial charge in [-0.15, -0.1) is 0 Å². The average Bonchev–Trinajstić information content (AvgIpc) is 2.86. The first-order chi connectivity index (χ1) is 10.5. The number of carboxylic acids is 1. The smallest absolute Gasteiger partial charge is 0.303 e. The van der Waals surface area contributed by atoms with Crippen molar-refractivity contribution >= 4 is 5.97 Å². The van der Waals surface area contributed by atoms with Crippen LogP contribution in [0, 0.1) is 0 Å². The molecule has 1 aromatic carbocycles. The number of carbonyl (C=O) groups is 1. The van der Waals surface area contributed by atoms with E-state index < -0.39 is 5.97 Å². The maximum absolute atomic E-state index is 10.6. The molecule has 2 aromatic rings. The molecule has 0 atom stereocenters. The van der Waals surface area contributed by atoms with Crippen LogP contribution in [0.3, 0.4) is 0 Å². The summed E-state index contributed by atoms with van der Waals surface area (Å²) in [5, 5.41) is 18.9. The van der Waals surface area contributed by atoms with E-state index in [1.54, 1.807) is 37.1 Å². The van der Waals surface area contributed by atoms with Crippen molar-refractivity contribution < 1.29 is 24.5 Å². The lowest BCUT2D eigenvalue weighted by Crippen LogP contribution is -2.01. The number of hydrogen-bond acceptors (Lipinski definition) is 4. The molecule has 2 rings (SSSR count). The first-order valence-electron chi connectivity index (χ1n) is 6.84. The van der Waals surface area contributed by atoms with Gasteiger partial charge in [-0.2, -0.15) is 0 Å². The number of benzene rings is 1. The van der Waals surface area contributed by atoms with E-state index in [9.17, 15) is 9.90 Å². The molecular weight excluding hydrogens is 286 g/mol. The average molecular weight is 305 g/mol. The number of carboxylic acid groups (broad SMARTS) is 1. The Morgan fingerprint density at radius 3 is 2.59 bits per heavy atom. The van der Waals surface area contributed by atoms with Crippen molar-refractivity contribution in [2.45, 2.75) is 19.4 Å². The summed E-state index contributed by atoms with van der Waals surface area (Å²) in [5.74, 6) is 0.558. The van der Waals surface area contributed by atoms with Crippen LogP contribution in [0.1, 0.15) is 17.5 Å². The minimum Gasteiger partial charge on any atom is -0.497 e. The van der Waals surface area contributed by atoms with Crippen molar-refractivity contribution in [3.05, 3.63) is 41.6 Å². The fourth-order valence-corrected chi connectivity index (χ4v) is 2.24. The fourth-order valence-electron chi connectivity index (χ4n) is 2.24. The Kier molecular flexibility index (Phi) is 4.93. The summed E-state index contributed by atoms with van der Waals surface area (Å²) in [6.45, 7) is 0.423. The Balaban J connectivity index is 2.19. The van der Waals surface area contributed by atoms with E-state index in [4.69, 9.17) is 14.6 Å². The quantitative estimate of drug-likeness (QED) is 0.820. The molecule has 0 amide bonds. The van der Waals surface area contributed by atoms with E-state index in [-0.39, 0.29) is 12.3 Å². The molecule has 6 nitrogen and oxygen atoms in total. The van der Waals surface area contributed by atoms with Gasteiger partial charge in [0.2, 0.25) is 0 Å². The number of methoxy groups -OCH3 is 2. The summed E-state index contributed by atoms with van der Waals surface area (Å²) in [6.07, 6.45) is 2.02. The van der Waals surface area contributed by atoms with E-state index in [0.717, 1.165) is 5.56 Å². The standard InChI is InChI=1S/C16H19NO5/c1-21-13-5-3-12(14(9-13)22-2)10-17-8-7-11(16(17)20)4-6-15(18)19/h3,5,7-9,20H,4,6,10H2,1-2H3,(H,18,19). The summed E-state index contributed by atoms with van der Waals surface area (Å²) in [7, 11) is 3.16. The molecule has 0 aliphatic rings. The van der Waals surface area contributed by atoms with Crippen LogP contribution in [-0.2, 0) is 17.8 Å². The third-order valence-corrected chi connectivity index (χ3v) is 3.46. The molecule has 22 heavy (non-hydrogen) atoms. The first-order valence-corrected chi connectivity index (χ1v) is 6.84. The highest BCUT2D eigenvalue weighted by molar-refractivity contribution is 5.67. The number of aliphatic carboxylic acids is 1. The number of ether oxygens (including phenoxy) is 2. The second-order valence-electron chi connectivity index (χ2n) is 4.86. The summed E-state index contributed by atoms with van der Waals surface area (Å²) in [5.41, 5.74) is 1.51. The highest BCUT2D eigenvalue weighted by Gasteiger charge is 2.12. The van der Waals surface area contributed by atoms with Crippen LogP contribution in [0.5, 0.6) is 17.4 Å². The molecule has 2 N–H and O–H groups in total. The summed E-state index contributed by atoms with van der Waals surface area (Å²) < 4.78 is 12.1. The number of aromatic nitrogens is 1. The van der Waals surface area contributed by atoms with E-state index in [1.807, 2.05) is 12.1 Å². The van der Waals surface area contributed by atoms with Gasteiger partial charge in [-0.05, 0) is 24.6 Å². The molecular formula is C16H19NO5. The third kappa shape index (κ3) is 3.52. The molecule has 0 aliphatic carbocycles. The van der Waals surface area contributed by atoms with E-state index in [1.165, 1.54) is 0 Å². The highest BCUT2D eigenvalue weighted by atomic mass is 16.5. The Bertz CT molecular complexity index is 663. The van der Waals surface area contributed by atoms with Crippen molar-refractivity contribution in [2.75, 3.05) is 14.2 Å². The Labute approximate surface area is 128 Å². The van der Waals surface area contributed by atoms with Crippen molar-refractivity contribution in [3.8, 4) is 17.4 Å². The fraction of sp³-hybridized carbons (Fsp3) is 0.312. The van der Waals surface area contributed by atoms with Gasteiger partial charge in [-0.25, -0.2) is 0 Å². The van der Waals surface area contributed by atoms with Crippen LogP contribution in [0.2, 0.25) is 0 Å². The second-order valence-corrected chi connectivity index (χ2v) is 4.86. The van der Waals surface area contributed by atoms with E-state index in [0.29, 0.717) is 30.0 Å². The molecule has 0 unspecified atom stereocenters. The van der Waals surface area contributed by atoms with Crippen LogP contribution in [0.15, 0.2) is 30.5 Å². The minimum absolute atomic E-state index is 0.0105. The van der Waals surface area contributed by atoms with Gasteiger partial charge in [0.05, 0.1) is 20.8 Å². The molecule has 0 saturated carbocycles. The summed E-state index contributed by atoms with van der Waals surface area (Å²) in [6, 6.07) is 7.20. The lowest BCUT2D eigenvalue weighted by atomic mass is 10.2. The molecule has 0 aliphatic heterocycles. The topological polar surface area (TPSA) is 80.9 Å². The molecule has 1 aromatic heterocycles. The first kappa shape index (κ1) is 15.8. The maximum atomic E-state index is 10.6. The molecule has 118 valence electrons. The van der Waals surface area contributed by atoms with Crippen molar-refractivity contribution in [3.63, 3.8) is 0 Å². The Morgan fingerprint density at radius 2 is 1.95 bits per heavy atom. The molecule has 0 spiro atoms. The second kappa shape index (κ2) is 6.89. The van der Waals surface area contributed by atoms with Gasteiger partial charge in [-0.3, -0.25) is 4.79 Å². The molecule has 1 heterocycles. The lowest BCUT2D eigenvalue weighted by Gasteiger charge is -2.12. The van der Waals surface area contributed by atoms with Gasteiger partial charge in [0.25, 0.3) is 0 Å². The largest absolute Gasteiger partial charge is 0.497 e. The van der Waals surface area contributed by atoms with Crippen molar-refractivity contribution in [1.82, 2.24) is 4.57 Å². The van der Waals surface area contributed by atoms with Gasteiger partial charge in [-0.1, -0.05) is 0 Å². The molecule has 0 fully saturated rings. The van der Waals surface area contributed by atoms with Crippen LogP contribution in [-0.4, -0.2) is 35.0 Å². The van der Waals surface area contributed by atoms with Crippen LogP contribution < -0.4 is 9.47 Å². The normalized spacial score (nSPS) is 10.5. The predicted molar refractivity (Wildman–Crippen MR) is 80.7 cm³/mol. The number of aromatic hydroxyl groups is 1. The molecule has 0 radical (unpaired) electrons. The highest BCUT2D eigenvalue weighted by Crippen LogP contribution is 2.28. The zero-order valence-electron chi connectivity index (χ0n) is 12.6. The number of hydrogen-bond donors (Lipinski definition) is 2. The zero-order chi connectivity index (χ0) is 16.1. The van der Waals surface area contributed by atoms with Gasteiger partial charge in [0.1, 0.15) is 11.5 Å². The van der Waals surface area contributed by atoms with Gasteiger partial charge in [0.15, 0.2) is 5.88 Å². The van der Waals surface area contributed by atoms with Crippen LogP contribution >= 0.6 is 0 Å². The number of rotatable bonds is 7. The monoisotopic (exact) mass is 305 g/mol. The minimum atomic E-state index is -0.885. The molecule has 6 heteroatoms. The lowest BCUT2D eigenvalue weighted by molar-refractivity contribution is -0.136. The van der Waals surface area contributed by atoms with Gasteiger partial charge < -0.3 is 24.3 Å². The van der Waals surface area contributed by atoms with E-state index >= 15 is 0 Å². The van der Waals surface area contributed by atoms with Crippen LogP contribution in [0.25, 0.3) is 0 Å². The summed E-state index contributed by atoms with van der Waals surface area (Å²) in [4.78, 5) is 10.6. The Hall–Kier alpha value is -2.63.